The predicted octanol–water partition coefficient (Wildman–Crippen LogP) is 3.76. The molecular formula is C25H30ClN3O3. The first-order valence-electron chi connectivity index (χ1n) is 10.7. The average Bonchev–Trinajstić information content (AvgIpc) is 3.03. The van der Waals surface area contributed by atoms with Gasteiger partial charge < -0.3 is 4.74 Å². The number of benzene rings is 2. The molecule has 0 atom stereocenters. The molecule has 0 aliphatic carbocycles. The van der Waals surface area contributed by atoms with E-state index in [-0.39, 0.29) is 23.9 Å². The van der Waals surface area contributed by atoms with Gasteiger partial charge in [-0.2, -0.15) is 0 Å². The van der Waals surface area contributed by atoms with Crippen molar-refractivity contribution in [2.45, 2.75) is 25.3 Å². The van der Waals surface area contributed by atoms with Crippen LogP contribution in [0.3, 0.4) is 0 Å². The molecule has 1 aromatic heterocycles. The second-order valence-corrected chi connectivity index (χ2v) is 8.21. The second-order valence-electron chi connectivity index (χ2n) is 8.21. The molecule has 0 N–H and O–H groups in total. The van der Waals surface area contributed by atoms with E-state index < -0.39 is 0 Å². The maximum atomic E-state index is 13.3. The molecule has 0 saturated carbocycles. The van der Waals surface area contributed by atoms with Crippen LogP contribution in [-0.2, 0) is 20.6 Å². The molecule has 0 amide bonds. The van der Waals surface area contributed by atoms with Gasteiger partial charge in [-0.25, -0.2) is 4.79 Å². The van der Waals surface area contributed by atoms with E-state index in [0.717, 1.165) is 31.6 Å². The third-order valence-corrected chi connectivity index (χ3v) is 6.39. The van der Waals surface area contributed by atoms with E-state index in [1.807, 2.05) is 0 Å². The summed E-state index contributed by atoms with van der Waals surface area (Å²) in [6.45, 7) is 2.48. The number of aromatic nitrogens is 2. The number of carbonyl (C=O) groups is 1. The number of ether oxygens (including phenoxy) is 1. The number of hydrogen-bond acceptors (Lipinski definition) is 4. The van der Waals surface area contributed by atoms with Crippen LogP contribution in [0, 0.1) is 0 Å². The number of ketones is 1. The summed E-state index contributed by atoms with van der Waals surface area (Å²) in [5, 5.41) is 0. The van der Waals surface area contributed by atoms with E-state index in [9.17, 15) is 9.59 Å². The molecule has 1 fully saturated rings. The quantitative estimate of drug-likeness (QED) is 0.531. The van der Waals surface area contributed by atoms with Crippen LogP contribution in [-0.4, -0.2) is 40.0 Å². The molecule has 0 spiro atoms. The Morgan fingerprint density at radius 3 is 2.19 bits per heavy atom. The smallest absolute Gasteiger partial charge is 0.328 e. The van der Waals surface area contributed by atoms with Crippen LogP contribution >= 0.6 is 12.4 Å². The summed E-state index contributed by atoms with van der Waals surface area (Å²) in [4.78, 5) is 28.3. The molecule has 1 aliphatic heterocycles. The molecule has 0 unspecified atom stereocenters. The van der Waals surface area contributed by atoms with Gasteiger partial charge in [-0.1, -0.05) is 30.3 Å². The van der Waals surface area contributed by atoms with Gasteiger partial charge in [-0.05, 0) is 61.7 Å². The third kappa shape index (κ3) is 4.66. The molecule has 1 saturated heterocycles. The first kappa shape index (κ1) is 23.8. The van der Waals surface area contributed by atoms with Gasteiger partial charge in [0, 0.05) is 26.2 Å². The summed E-state index contributed by atoms with van der Waals surface area (Å²) < 4.78 is 8.27. The molecule has 6 nitrogen and oxygen atoms in total. The molecule has 1 aliphatic rings. The number of halogens is 1. The maximum Gasteiger partial charge on any atom is 0.328 e. The molecule has 170 valence electrons. The van der Waals surface area contributed by atoms with Gasteiger partial charge in [0.05, 0.1) is 12.8 Å². The summed E-state index contributed by atoms with van der Waals surface area (Å²) in [5.74, 6) is 1.12. The highest BCUT2D eigenvalue weighted by Crippen LogP contribution is 2.29. The Morgan fingerprint density at radius 1 is 0.969 bits per heavy atom. The van der Waals surface area contributed by atoms with Crippen molar-refractivity contribution >= 4 is 18.2 Å². The standard InChI is InChI=1S/C25H29N3O3.ClH/c1-26-22(17-28-15-13-19(14-16-28)18-7-5-4-6-8-18)23(27(2)25(26)30)24(29)20-9-11-21(31-3)12-10-20;/h4-12,19H,13-17H2,1-3H3;1H. The van der Waals surface area contributed by atoms with Crippen LogP contribution in [0.15, 0.2) is 59.4 Å². The van der Waals surface area contributed by atoms with Gasteiger partial charge in [0.1, 0.15) is 11.4 Å². The monoisotopic (exact) mass is 455 g/mol. The highest BCUT2D eigenvalue weighted by molar-refractivity contribution is 6.08. The van der Waals surface area contributed by atoms with E-state index in [2.05, 4.69) is 35.2 Å². The van der Waals surface area contributed by atoms with Crippen molar-refractivity contribution in [2.75, 3.05) is 20.2 Å². The van der Waals surface area contributed by atoms with E-state index >= 15 is 0 Å². The largest absolute Gasteiger partial charge is 0.497 e. The maximum absolute atomic E-state index is 13.3. The second kappa shape index (κ2) is 10.2. The van der Waals surface area contributed by atoms with Crippen molar-refractivity contribution in [3.8, 4) is 5.75 Å². The average molecular weight is 456 g/mol. The highest BCUT2D eigenvalue weighted by Gasteiger charge is 2.27. The third-order valence-electron chi connectivity index (χ3n) is 6.39. The lowest BCUT2D eigenvalue weighted by atomic mass is 9.89. The van der Waals surface area contributed by atoms with Gasteiger partial charge >= 0.3 is 5.69 Å². The van der Waals surface area contributed by atoms with Crippen LogP contribution in [0.1, 0.15) is 46.1 Å². The SMILES string of the molecule is COc1ccc(C(=O)c2c(CN3CCC(c4ccccc4)CC3)n(C)c(=O)n2C)cc1.Cl. The number of likely N-dealkylation sites (tertiary alicyclic amines) is 1. The number of nitrogens with zero attached hydrogens (tertiary/aromatic N) is 3. The molecule has 2 aromatic carbocycles. The summed E-state index contributed by atoms with van der Waals surface area (Å²) >= 11 is 0. The zero-order chi connectivity index (χ0) is 22.0. The Bertz CT molecular complexity index is 1110. The van der Waals surface area contributed by atoms with Crippen molar-refractivity contribution < 1.29 is 9.53 Å². The Balaban J connectivity index is 0.00000289. The van der Waals surface area contributed by atoms with Gasteiger partial charge in [0.15, 0.2) is 0 Å². The summed E-state index contributed by atoms with van der Waals surface area (Å²) in [6, 6.07) is 17.7. The molecule has 4 rings (SSSR count). The number of carbonyl (C=O) groups excluding carboxylic acids is 1. The molecular weight excluding hydrogens is 426 g/mol. The molecule has 7 heteroatoms. The zero-order valence-electron chi connectivity index (χ0n) is 18.8. The highest BCUT2D eigenvalue weighted by atomic mass is 35.5. The van der Waals surface area contributed by atoms with Crippen molar-refractivity contribution in [3.05, 3.63) is 87.6 Å². The van der Waals surface area contributed by atoms with Gasteiger partial charge in [-0.3, -0.25) is 18.8 Å². The van der Waals surface area contributed by atoms with Crippen LogP contribution in [0.2, 0.25) is 0 Å². The Labute approximate surface area is 194 Å². The Morgan fingerprint density at radius 2 is 1.59 bits per heavy atom. The molecule has 2 heterocycles. The van der Waals surface area contributed by atoms with Gasteiger partial charge in [0.2, 0.25) is 5.78 Å². The van der Waals surface area contributed by atoms with Crippen molar-refractivity contribution in [3.63, 3.8) is 0 Å². The number of imidazole rings is 1. The lowest BCUT2D eigenvalue weighted by Crippen LogP contribution is -2.34. The lowest BCUT2D eigenvalue weighted by Gasteiger charge is -2.32. The molecule has 0 bridgehead atoms. The molecule has 0 radical (unpaired) electrons. The van der Waals surface area contributed by atoms with Crippen LogP contribution in [0.5, 0.6) is 5.75 Å². The van der Waals surface area contributed by atoms with E-state index in [4.69, 9.17) is 4.74 Å². The number of methoxy groups -OCH3 is 1. The van der Waals surface area contributed by atoms with Crippen LogP contribution in [0.4, 0.5) is 0 Å². The summed E-state index contributed by atoms with van der Waals surface area (Å²) in [7, 11) is 5.01. The number of hydrogen-bond donors (Lipinski definition) is 0. The fourth-order valence-corrected chi connectivity index (χ4v) is 4.49. The van der Waals surface area contributed by atoms with Crippen molar-refractivity contribution in [1.82, 2.24) is 14.0 Å². The first-order valence-corrected chi connectivity index (χ1v) is 10.7. The summed E-state index contributed by atoms with van der Waals surface area (Å²) in [5.41, 5.74) is 3.00. The topological polar surface area (TPSA) is 56.5 Å². The Hall–Kier alpha value is -2.83. The Kier molecular flexibility index (Phi) is 7.59. The normalized spacial score (nSPS) is 14.7. The van der Waals surface area contributed by atoms with Crippen molar-refractivity contribution in [1.29, 1.82) is 0 Å². The fraction of sp³-hybridized carbons (Fsp3) is 0.360. The first-order chi connectivity index (χ1) is 15.0. The minimum Gasteiger partial charge on any atom is -0.497 e. The number of piperidine rings is 1. The fourth-order valence-electron chi connectivity index (χ4n) is 4.49. The van der Waals surface area contributed by atoms with E-state index in [1.165, 1.54) is 10.1 Å². The zero-order valence-corrected chi connectivity index (χ0v) is 19.6. The van der Waals surface area contributed by atoms with Gasteiger partial charge in [-0.15, -0.1) is 12.4 Å². The van der Waals surface area contributed by atoms with Crippen molar-refractivity contribution in [2.24, 2.45) is 14.1 Å². The minimum atomic E-state index is -0.175. The minimum absolute atomic E-state index is 0. The predicted molar refractivity (Wildman–Crippen MR) is 128 cm³/mol. The molecule has 3 aromatic rings. The summed E-state index contributed by atoms with van der Waals surface area (Å²) in [6.07, 6.45) is 2.15. The van der Waals surface area contributed by atoms with E-state index in [1.54, 1.807) is 50.0 Å². The van der Waals surface area contributed by atoms with Crippen LogP contribution < -0.4 is 10.4 Å². The van der Waals surface area contributed by atoms with Gasteiger partial charge in [0.25, 0.3) is 0 Å². The number of rotatable bonds is 6. The van der Waals surface area contributed by atoms with E-state index in [0.29, 0.717) is 29.5 Å². The molecule has 32 heavy (non-hydrogen) atoms. The lowest BCUT2D eigenvalue weighted by molar-refractivity contribution is 0.102. The van der Waals surface area contributed by atoms with Crippen LogP contribution in [0.25, 0.3) is 0 Å².